The molecule has 0 saturated carbocycles. The van der Waals surface area contributed by atoms with Crippen LogP contribution in [0.2, 0.25) is 0 Å². The van der Waals surface area contributed by atoms with Crippen LogP contribution in [0, 0.1) is 5.82 Å². The number of rotatable bonds is 7. The topological polar surface area (TPSA) is 53.7 Å². The zero-order valence-corrected chi connectivity index (χ0v) is 15.0. The minimum absolute atomic E-state index is 0.164. The molecular weight excluding hydrogens is 329 g/mol. The molecule has 2 aromatic heterocycles. The van der Waals surface area contributed by atoms with Gasteiger partial charge in [0.2, 0.25) is 0 Å². The Morgan fingerprint density at radius 2 is 1.96 bits per heavy atom. The van der Waals surface area contributed by atoms with Crippen LogP contribution < -0.4 is 10.6 Å². The average Bonchev–Trinajstić information content (AvgIpc) is 3.06. The number of fused-ring (bicyclic) bond motifs is 1. The van der Waals surface area contributed by atoms with Crippen LogP contribution in [-0.2, 0) is 12.8 Å². The van der Waals surface area contributed by atoms with Crippen LogP contribution in [-0.4, -0.2) is 35.0 Å². The monoisotopic (exact) mass is 353 g/mol. The zero-order chi connectivity index (χ0) is 18.2. The van der Waals surface area contributed by atoms with Crippen molar-refractivity contribution >= 4 is 11.6 Å². The van der Waals surface area contributed by atoms with E-state index in [2.05, 4.69) is 20.6 Å². The first kappa shape index (κ1) is 17.9. The van der Waals surface area contributed by atoms with Crippen molar-refractivity contribution in [3.8, 4) is 0 Å². The van der Waals surface area contributed by atoms with Gasteiger partial charge in [-0.25, -0.2) is 9.37 Å². The number of imidazole rings is 1. The van der Waals surface area contributed by atoms with Crippen LogP contribution in [0.25, 0.3) is 5.65 Å². The number of pyridine rings is 1. The van der Waals surface area contributed by atoms with Crippen LogP contribution in [0.3, 0.4) is 0 Å². The molecule has 0 bridgehead atoms. The summed E-state index contributed by atoms with van der Waals surface area (Å²) in [6, 6.07) is 12.8. The van der Waals surface area contributed by atoms with Crippen LogP contribution >= 0.6 is 0 Å². The van der Waals surface area contributed by atoms with Crippen molar-refractivity contribution in [2.75, 3.05) is 19.6 Å². The van der Waals surface area contributed by atoms with E-state index >= 15 is 0 Å². The second-order valence-electron chi connectivity index (χ2n) is 5.98. The number of hydrogen-bond acceptors (Lipinski definition) is 2. The Morgan fingerprint density at radius 3 is 2.77 bits per heavy atom. The first-order valence-corrected chi connectivity index (χ1v) is 8.94. The Hall–Kier alpha value is -2.89. The molecule has 3 aromatic rings. The Morgan fingerprint density at radius 1 is 1.12 bits per heavy atom. The lowest BCUT2D eigenvalue weighted by Crippen LogP contribution is -2.38. The predicted octanol–water partition coefficient (Wildman–Crippen LogP) is 2.81. The highest BCUT2D eigenvalue weighted by molar-refractivity contribution is 5.79. The van der Waals surface area contributed by atoms with Gasteiger partial charge >= 0.3 is 0 Å². The van der Waals surface area contributed by atoms with E-state index in [0.29, 0.717) is 25.1 Å². The number of nitrogens with one attached hydrogen (secondary N) is 2. The van der Waals surface area contributed by atoms with Crippen molar-refractivity contribution in [1.82, 2.24) is 20.0 Å². The summed E-state index contributed by atoms with van der Waals surface area (Å²) in [6.45, 7) is 4.07. The molecule has 0 spiro atoms. The van der Waals surface area contributed by atoms with Gasteiger partial charge in [0.05, 0.1) is 5.69 Å². The van der Waals surface area contributed by atoms with E-state index in [9.17, 15) is 4.39 Å². The largest absolute Gasteiger partial charge is 0.357 e. The van der Waals surface area contributed by atoms with Gasteiger partial charge in [-0.15, -0.1) is 0 Å². The van der Waals surface area contributed by atoms with Crippen molar-refractivity contribution in [1.29, 1.82) is 0 Å². The third-order valence-electron chi connectivity index (χ3n) is 4.04. The van der Waals surface area contributed by atoms with E-state index in [1.165, 1.54) is 6.07 Å². The fourth-order valence-electron chi connectivity index (χ4n) is 2.75. The maximum Gasteiger partial charge on any atom is 0.191 e. The molecule has 136 valence electrons. The number of guanidine groups is 1. The molecular formula is C20H24FN5. The fraction of sp³-hybridized carbons (Fsp3) is 0.300. The Bertz CT molecular complexity index is 838. The average molecular weight is 353 g/mol. The van der Waals surface area contributed by atoms with E-state index in [1.807, 2.05) is 54.0 Å². The van der Waals surface area contributed by atoms with Gasteiger partial charge in [-0.05, 0) is 37.1 Å². The first-order valence-electron chi connectivity index (χ1n) is 8.94. The molecule has 6 heteroatoms. The van der Waals surface area contributed by atoms with Crippen molar-refractivity contribution in [2.45, 2.75) is 19.8 Å². The summed E-state index contributed by atoms with van der Waals surface area (Å²) in [4.78, 5) is 9.16. The lowest BCUT2D eigenvalue weighted by Gasteiger charge is -2.11. The lowest BCUT2D eigenvalue weighted by atomic mass is 10.1. The summed E-state index contributed by atoms with van der Waals surface area (Å²) in [5, 5.41) is 6.47. The first-order chi connectivity index (χ1) is 12.8. The Balaban J connectivity index is 1.52. The van der Waals surface area contributed by atoms with Gasteiger partial charge in [0.15, 0.2) is 5.96 Å². The van der Waals surface area contributed by atoms with Gasteiger partial charge in [-0.3, -0.25) is 4.99 Å². The van der Waals surface area contributed by atoms with Crippen molar-refractivity contribution < 1.29 is 4.39 Å². The molecule has 0 aliphatic carbocycles. The predicted molar refractivity (Wildman–Crippen MR) is 103 cm³/mol. The number of hydrogen-bond donors (Lipinski definition) is 2. The number of halogens is 1. The minimum Gasteiger partial charge on any atom is -0.357 e. The number of aromatic nitrogens is 2. The molecule has 3 rings (SSSR count). The highest BCUT2D eigenvalue weighted by Crippen LogP contribution is 2.06. The second kappa shape index (κ2) is 8.99. The lowest BCUT2D eigenvalue weighted by molar-refractivity contribution is 0.606. The number of aliphatic imine (C=N–C) groups is 1. The molecule has 0 radical (unpaired) electrons. The van der Waals surface area contributed by atoms with E-state index in [-0.39, 0.29) is 5.82 Å². The normalized spacial score (nSPS) is 11.7. The van der Waals surface area contributed by atoms with Crippen LogP contribution in [0.1, 0.15) is 18.2 Å². The van der Waals surface area contributed by atoms with E-state index in [1.54, 1.807) is 6.07 Å². The molecule has 0 atom stereocenters. The second-order valence-corrected chi connectivity index (χ2v) is 5.98. The summed E-state index contributed by atoms with van der Waals surface area (Å²) in [6.07, 6.45) is 5.40. The van der Waals surface area contributed by atoms with Crippen molar-refractivity contribution in [3.05, 3.63) is 71.9 Å². The molecule has 0 unspecified atom stereocenters. The molecule has 0 aliphatic rings. The SMILES string of the molecule is CCNC(=NCCc1cn2ccccc2n1)NCCc1ccccc1F. The minimum atomic E-state index is -0.164. The summed E-state index contributed by atoms with van der Waals surface area (Å²) >= 11 is 0. The standard InChI is InChI=1S/C20H24FN5/c1-2-22-20(23-12-10-16-7-3-4-8-18(16)21)24-13-11-17-15-26-14-6-5-9-19(26)25-17/h3-9,14-15H,2,10-13H2,1H3,(H2,22,23,24). The van der Waals surface area contributed by atoms with Gasteiger partial charge in [0.25, 0.3) is 0 Å². The van der Waals surface area contributed by atoms with Gasteiger partial charge in [-0.2, -0.15) is 0 Å². The maximum atomic E-state index is 13.7. The Kier molecular flexibility index (Phi) is 6.19. The number of nitrogens with zero attached hydrogens (tertiary/aromatic N) is 3. The molecule has 5 nitrogen and oxygen atoms in total. The summed E-state index contributed by atoms with van der Waals surface area (Å²) in [7, 11) is 0. The smallest absolute Gasteiger partial charge is 0.191 e. The molecule has 26 heavy (non-hydrogen) atoms. The molecule has 0 amide bonds. The quantitative estimate of drug-likeness (QED) is 0.507. The van der Waals surface area contributed by atoms with Gasteiger partial charge in [0.1, 0.15) is 11.5 Å². The molecule has 1 aromatic carbocycles. The van der Waals surface area contributed by atoms with Crippen LogP contribution in [0.15, 0.2) is 59.9 Å². The molecule has 0 saturated heterocycles. The third kappa shape index (κ3) is 4.81. The number of benzene rings is 1. The molecule has 2 heterocycles. The van der Waals surface area contributed by atoms with Crippen molar-refractivity contribution in [2.24, 2.45) is 4.99 Å². The summed E-state index contributed by atoms with van der Waals surface area (Å²) < 4.78 is 15.7. The van der Waals surface area contributed by atoms with Crippen LogP contribution in [0.4, 0.5) is 4.39 Å². The summed E-state index contributed by atoms with van der Waals surface area (Å²) in [5.41, 5.74) is 2.67. The molecule has 2 N–H and O–H groups in total. The van der Waals surface area contributed by atoms with E-state index in [0.717, 1.165) is 30.3 Å². The van der Waals surface area contributed by atoms with E-state index < -0.39 is 0 Å². The highest BCUT2D eigenvalue weighted by Gasteiger charge is 2.03. The van der Waals surface area contributed by atoms with Crippen molar-refractivity contribution in [3.63, 3.8) is 0 Å². The van der Waals surface area contributed by atoms with Gasteiger partial charge in [-0.1, -0.05) is 24.3 Å². The van der Waals surface area contributed by atoms with Gasteiger partial charge < -0.3 is 15.0 Å². The molecule has 0 fully saturated rings. The summed E-state index contributed by atoms with van der Waals surface area (Å²) in [5.74, 6) is 0.579. The third-order valence-corrected chi connectivity index (χ3v) is 4.04. The maximum absolute atomic E-state index is 13.7. The molecule has 0 aliphatic heterocycles. The highest BCUT2D eigenvalue weighted by atomic mass is 19.1. The van der Waals surface area contributed by atoms with Gasteiger partial charge in [0, 0.05) is 38.4 Å². The Labute approximate surface area is 153 Å². The fourth-order valence-corrected chi connectivity index (χ4v) is 2.75. The zero-order valence-electron chi connectivity index (χ0n) is 15.0. The van der Waals surface area contributed by atoms with E-state index in [4.69, 9.17) is 0 Å². The van der Waals surface area contributed by atoms with Crippen LogP contribution in [0.5, 0.6) is 0 Å².